The van der Waals surface area contributed by atoms with Gasteiger partial charge in [0, 0.05) is 24.8 Å². The number of carbonyl (C=O) groups is 1. The van der Waals surface area contributed by atoms with Gasteiger partial charge in [-0.15, -0.1) is 13.2 Å². The standard InChI is InChI=1S/C22H25F3N2O3/c1-14-12-15(2)18(13-17(14)21(28)29-3)26-16-8-10-27(11-9-16)19-6-4-5-7-20(19)30-22(23,24)25/h4-7,12-13,16,26H,8-11H2,1-3H3. The maximum Gasteiger partial charge on any atom is 0.573 e. The summed E-state index contributed by atoms with van der Waals surface area (Å²) in [6.07, 6.45) is -3.25. The highest BCUT2D eigenvalue weighted by atomic mass is 19.4. The number of nitrogens with one attached hydrogen (secondary N) is 1. The molecule has 162 valence electrons. The summed E-state index contributed by atoms with van der Waals surface area (Å²) in [6.45, 7) is 5.01. The van der Waals surface area contributed by atoms with Crippen LogP contribution in [-0.2, 0) is 4.74 Å². The minimum absolute atomic E-state index is 0.142. The summed E-state index contributed by atoms with van der Waals surface area (Å²) < 4.78 is 47.1. The Bertz CT molecular complexity index is 907. The average molecular weight is 422 g/mol. The molecule has 0 amide bonds. The highest BCUT2D eigenvalue weighted by Crippen LogP contribution is 2.34. The molecule has 0 bridgehead atoms. The van der Waals surface area contributed by atoms with Crippen LogP contribution in [-0.4, -0.2) is 38.6 Å². The molecule has 0 spiro atoms. The number of hydrogen-bond acceptors (Lipinski definition) is 5. The molecule has 0 unspecified atom stereocenters. The molecule has 1 aliphatic rings. The molecule has 0 aromatic heterocycles. The summed E-state index contributed by atoms with van der Waals surface area (Å²) in [7, 11) is 1.35. The summed E-state index contributed by atoms with van der Waals surface area (Å²) in [5, 5.41) is 3.47. The maximum atomic E-state index is 12.7. The Morgan fingerprint density at radius 2 is 1.77 bits per heavy atom. The van der Waals surface area contributed by atoms with Crippen LogP contribution in [0.3, 0.4) is 0 Å². The van der Waals surface area contributed by atoms with Gasteiger partial charge in [0.25, 0.3) is 0 Å². The van der Waals surface area contributed by atoms with Gasteiger partial charge >= 0.3 is 12.3 Å². The van der Waals surface area contributed by atoms with E-state index in [-0.39, 0.29) is 17.8 Å². The van der Waals surface area contributed by atoms with Gasteiger partial charge < -0.3 is 19.7 Å². The van der Waals surface area contributed by atoms with Gasteiger partial charge in [0.1, 0.15) is 0 Å². The lowest BCUT2D eigenvalue weighted by molar-refractivity contribution is -0.274. The fourth-order valence-electron chi connectivity index (χ4n) is 3.75. The first-order valence-electron chi connectivity index (χ1n) is 9.73. The second-order valence-electron chi connectivity index (χ2n) is 7.39. The maximum absolute atomic E-state index is 12.7. The predicted molar refractivity (Wildman–Crippen MR) is 109 cm³/mol. The minimum atomic E-state index is -4.73. The second-order valence-corrected chi connectivity index (χ2v) is 7.39. The van der Waals surface area contributed by atoms with Crippen molar-refractivity contribution in [2.24, 2.45) is 0 Å². The molecule has 0 atom stereocenters. The number of rotatable bonds is 5. The number of esters is 1. The number of carbonyl (C=O) groups excluding carboxylic acids is 1. The monoisotopic (exact) mass is 422 g/mol. The van der Waals surface area contributed by atoms with Crippen molar-refractivity contribution in [2.75, 3.05) is 30.4 Å². The average Bonchev–Trinajstić information content (AvgIpc) is 2.69. The molecule has 3 rings (SSSR count). The third-order valence-electron chi connectivity index (χ3n) is 5.26. The number of para-hydroxylation sites is 2. The minimum Gasteiger partial charge on any atom is -0.465 e. The number of alkyl halides is 3. The summed E-state index contributed by atoms with van der Waals surface area (Å²) in [4.78, 5) is 13.9. The normalized spacial score (nSPS) is 15.1. The zero-order chi connectivity index (χ0) is 21.9. The Morgan fingerprint density at radius 3 is 2.40 bits per heavy atom. The molecule has 2 aromatic carbocycles. The van der Waals surface area contributed by atoms with Crippen LogP contribution in [0, 0.1) is 13.8 Å². The number of ether oxygens (including phenoxy) is 2. The van der Waals surface area contributed by atoms with Gasteiger partial charge in [0.2, 0.25) is 0 Å². The van der Waals surface area contributed by atoms with Crippen LogP contribution >= 0.6 is 0 Å². The van der Waals surface area contributed by atoms with Crippen LogP contribution in [0.1, 0.15) is 34.3 Å². The van der Waals surface area contributed by atoms with Crippen molar-refractivity contribution in [3.05, 3.63) is 53.1 Å². The van der Waals surface area contributed by atoms with Gasteiger partial charge in [-0.25, -0.2) is 4.79 Å². The Kier molecular flexibility index (Phi) is 6.43. The quantitative estimate of drug-likeness (QED) is 0.682. The van der Waals surface area contributed by atoms with Gasteiger partial charge in [-0.2, -0.15) is 0 Å². The topological polar surface area (TPSA) is 50.8 Å². The molecule has 0 saturated carbocycles. The second kappa shape index (κ2) is 8.85. The number of methoxy groups -OCH3 is 1. The van der Waals surface area contributed by atoms with E-state index in [1.165, 1.54) is 19.2 Å². The first-order chi connectivity index (χ1) is 14.2. The van der Waals surface area contributed by atoms with E-state index in [1.54, 1.807) is 18.2 Å². The largest absolute Gasteiger partial charge is 0.573 e. The first kappa shape index (κ1) is 21.8. The number of benzene rings is 2. The molecule has 2 aromatic rings. The molecule has 5 nitrogen and oxygen atoms in total. The van der Waals surface area contributed by atoms with Gasteiger partial charge in [0.05, 0.1) is 18.4 Å². The van der Waals surface area contributed by atoms with Crippen LogP contribution in [0.25, 0.3) is 0 Å². The SMILES string of the molecule is COC(=O)c1cc(NC2CCN(c3ccccc3OC(F)(F)F)CC2)c(C)cc1C. The van der Waals surface area contributed by atoms with Crippen molar-refractivity contribution >= 4 is 17.3 Å². The van der Waals surface area contributed by atoms with Gasteiger partial charge in [-0.3, -0.25) is 0 Å². The molecule has 0 aliphatic carbocycles. The Hall–Kier alpha value is -2.90. The van der Waals surface area contributed by atoms with Crippen LogP contribution in [0.5, 0.6) is 5.75 Å². The highest BCUT2D eigenvalue weighted by Gasteiger charge is 2.33. The summed E-state index contributed by atoms with van der Waals surface area (Å²) in [6, 6.07) is 10.1. The van der Waals surface area contributed by atoms with Crippen LogP contribution in [0.2, 0.25) is 0 Å². The van der Waals surface area contributed by atoms with Crippen LogP contribution < -0.4 is 15.0 Å². The molecule has 1 heterocycles. The van der Waals surface area contributed by atoms with Crippen molar-refractivity contribution in [2.45, 2.75) is 39.1 Å². The number of hydrogen-bond donors (Lipinski definition) is 1. The molecular formula is C22H25F3N2O3. The lowest BCUT2D eigenvalue weighted by atomic mass is 10.00. The molecule has 8 heteroatoms. The third-order valence-corrected chi connectivity index (χ3v) is 5.26. The summed E-state index contributed by atoms with van der Waals surface area (Å²) in [5.74, 6) is -0.569. The smallest absolute Gasteiger partial charge is 0.465 e. The number of anilines is 2. The lowest BCUT2D eigenvalue weighted by Gasteiger charge is -2.35. The Labute approximate surface area is 173 Å². The zero-order valence-electron chi connectivity index (χ0n) is 17.2. The molecule has 1 N–H and O–H groups in total. The number of halogens is 3. The van der Waals surface area contributed by atoms with E-state index < -0.39 is 6.36 Å². The van der Waals surface area contributed by atoms with E-state index in [9.17, 15) is 18.0 Å². The van der Waals surface area contributed by atoms with E-state index in [0.717, 1.165) is 29.7 Å². The number of nitrogens with zero attached hydrogens (tertiary/aromatic N) is 1. The molecule has 1 aliphatic heterocycles. The summed E-state index contributed by atoms with van der Waals surface area (Å²) in [5.41, 5.74) is 3.68. The van der Waals surface area contributed by atoms with Crippen molar-refractivity contribution in [1.29, 1.82) is 0 Å². The fraction of sp³-hybridized carbons (Fsp3) is 0.409. The predicted octanol–water partition coefficient (Wildman–Crippen LogP) is 5.07. The molecule has 1 fully saturated rings. The summed E-state index contributed by atoms with van der Waals surface area (Å²) >= 11 is 0. The third kappa shape index (κ3) is 5.17. The molecular weight excluding hydrogens is 397 g/mol. The Balaban J connectivity index is 1.68. The Morgan fingerprint density at radius 1 is 1.10 bits per heavy atom. The van der Waals surface area contributed by atoms with Crippen LogP contribution in [0.4, 0.5) is 24.5 Å². The molecule has 0 radical (unpaired) electrons. The highest BCUT2D eigenvalue weighted by molar-refractivity contribution is 5.92. The van der Waals surface area contributed by atoms with E-state index in [0.29, 0.717) is 24.3 Å². The van der Waals surface area contributed by atoms with E-state index in [4.69, 9.17) is 4.74 Å². The van der Waals surface area contributed by atoms with Gasteiger partial charge in [-0.05, 0) is 56.0 Å². The zero-order valence-corrected chi connectivity index (χ0v) is 17.2. The van der Waals surface area contributed by atoms with E-state index in [2.05, 4.69) is 10.1 Å². The molecule has 30 heavy (non-hydrogen) atoms. The number of aryl methyl sites for hydroxylation is 2. The van der Waals surface area contributed by atoms with Crippen LogP contribution in [0.15, 0.2) is 36.4 Å². The van der Waals surface area contributed by atoms with E-state index in [1.807, 2.05) is 24.8 Å². The first-order valence-corrected chi connectivity index (χ1v) is 9.73. The van der Waals surface area contributed by atoms with Crippen molar-refractivity contribution in [1.82, 2.24) is 0 Å². The van der Waals surface area contributed by atoms with Gasteiger partial charge in [-0.1, -0.05) is 18.2 Å². The van der Waals surface area contributed by atoms with Crippen molar-refractivity contribution in [3.8, 4) is 5.75 Å². The fourth-order valence-corrected chi connectivity index (χ4v) is 3.75. The van der Waals surface area contributed by atoms with Crippen molar-refractivity contribution in [3.63, 3.8) is 0 Å². The molecule has 1 saturated heterocycles. The van der Waals surface area contributed by atoms with Crippen molar-refractivity contribution < 1.29 is 27.4 Å². The van der Waals surface area contributed by atoms with Gasteiger partial charge in [0.15, 0.2) is 5.75 Å². The lowest BCUT2D eigenvalue weighted by Crippen LogP contribution is -2.39. The number of piperidine rings is 1. The van der Waals surface area contributed by atoms with E-state index >= 15 is 0 Å².